The lowest BCUT2D eigenvalue weighted by Crippen LogP contribution is -1.96. The van der Waals surface area contributed by atoms with E-state index in [4.69, 9.17) is 5.21 Å². The van der Waals surface area contributed by atoms with Crippen molar-refractivity contribution in [2.24, 2.45) is 5.16 Å². The van der Waals surface area contributed by atoms with Crippen molar-refractivity contribution in [1.82, 2.24) is 4.57 Å². The van der Waals surface area contributed by atoms with Crippen LogP contribution < -0.4 is 0 Å². The van der Waals surface area contributed by atoms with Gasteiger partial charge in [0.2, 0.25) is 0 Å². The fourth-order valence-electron chi connectivity index (χ4n) is 1.89. The van der Waals surface area contributed by atoms with E-state index in [-0.39, 0.29) is 0 Å². The zero-order valence-corrected chi connectivity index (χ0v) is 8.38. The second-order valence-corrected chi connectivity index (χ2v) is 4.19. The highest BCUT2D eigenvalue weighted by Crippen LogP contribution is 2.35. The van der Waals surface area contributed by atoms with E-state index in [0.717, 1.165) is 16.3 Å². The molecule has 0 saturated heterocycles. The Hall–Kier alpha value is -1.55. The van der Waals surface area contributed by atoms with Crippen LogP contribution in [0.5, 0.6) is 0 Å². The van der Waals surface area contributed by atoms with E-state index in [1.54, 1.807) is 11.3 Å². The normalized spacial score (nSPS) is 15.9. The fourth-order valence-corrected chi connectivity index (χ4v) is 2.92. The molecular weight excluding hydrogens is 196 g/mol. The molecule has 2 aromatic heterocycles. The third kappa shape index (κ3) is 0.743. The molecule has 3 heterocycles. The van der Waals surface area contributed by atoms with Gasteiger partial charge in [0.15, 0.2) is 0 Å². The summed E-state index contributed by atoms with van der Waals surface area (Å²) >= 11 is 1.62. The van der Waals surface area contributed by atoms with Crippen molar-refractivity contribution in [3.05, 3.63) is 39.8 Å². The summed E-state index contributed by atoms with van der Waals surface area (Å²) in [5.74, 6) is 0. The first-order valence-corrected chi connectivity index (χ1v) is 5.19. The number of fused-ring (bicyclic) bond motifs is 3. The Morgan fingerprint density at radius 1 is 1.50 bits per heavy atom. The Kier molecular flexibility index (Phi) is 1.39. The van der Waals surface area contributed by atoms with Gasteiger partial charge in [-0.1, -0.05) is 5.16 Å². The average Bonchev–Trinajstić information content (AvgIpc) is 2.78. The zero-order chi connectivity index (χ0) is 9.71. The molecule has 1 N–H and O–H groups in total. The summed E-state index contributed by atoms with van der Waals surface area (Å²) in [6.45, 7) is 2.07. The summed E-state index contributed by atoms with van der Waals surface area (Å²) in [7, 11) is 0. The first-order chi connectivity index (χ1) is 6.83. The molecule has 1 aliphatic heterocycles. The second-order valence-electron chi connectivity index (χ2n) is 3.31. The van der Waals surface area contributed by atoms with Crippen LogP contribution in [0.25, 0.3) is 5.69 Å². The van der Waals surface area contributed by atoms with Crippen molar-refractivity contribution < 1.29 is 5.21 Å². The van der Waals surface area contributed by atoms with Crippen LogP contribution >= 0.6 is 11.3 Å². The lowest BCUT2D eigenvalue weighted by molar-refractivity contribution is 0.320. The predicted octanol–water partition coefficient (Wildman–Crippen LogP) is 2.39. The van der Waals surface area contributed by atoms with E-state index < -0.39 is 0 Å². The van der Waals surface area contributed by atoms with Crippen molar-refractivity contribution in [1.29, 1.82) is 0 Å². The van der Waals surface area contributed by atoms with Crippen molar-refractivity contribution in [2.45, 2.75) is 6.92 Å². The van der Waals surface area contributed by atoms with Gasteiger partial charge in [-0.15, -0.1) is 11.3 Å². The predicted molar refractivity (Wildman–Crippen MR) is 55.8 cm³/mol. The van der Waals surface area contributed by atoms with Crippen LogP contribution in [-0.4, -0.2) is 15.5 Å². The molecule has 0 radical (unpaired) electrons. The number of thiophene rings is 1. The number of rotatable bonds is 0. The first kappa shape index (κ1) is 7.82. The molecular formula is C10H8N2OS. The summed E-state index contributed by atoms with van der Waals surface area (Å²) in [6, 6.07) is 3.92. The van der Waals surface area contributed by atoms with Crippen molar-refractivity contribution in [3.63, 3.8) is 0 Å². The van der Waals surface area contributed by atoms with Gasteiger partial charge in [0, 0.05) is 6.20 Å². The Balaban J connectivity index is 2.44. The first-order valence-electron chi connectivity index (χ1n) is 4.31. The maximum absolute atomic E-state index is 8.97. The molecule has 0 aliphatic carbocycles. The van der Waals surface area contributed by atoms with Gasteiger partial charge in [0.25, 0.3) is 0 Å². The number of oxime groups is 1. The zero-order valence-electron chi connectivity index (χ0n) is 7.56. The average molecular weight is 204 g/mol. The Bertz CT molecular complexity index is 536. The standard InChI is InChI=1S/C10H8N2OS/c1-6-5-14-10-8(11-13)7-3-2-4-12(7)9(6)10/h2-5,13H,1H3. The van der Waals surface area contributed by atoms with Crippen LogP contribution in [0.4, 0.5) is 0 Å². The minimum atomic E-state index is 0.683. The van der Waals surface area contributed by atoms with E-state index in [9.17, 15) is 0 Å². The lowest BCUT2D eigenvalue weighted by Gasteiger charge is -1.98. The SMILES string of the molecule is Cc1csc2c1-n1cccc1C2=NO. The fraction of sp³-hybridized carbons (Fsp3) is 0.100. The van der Waals surface area contributed by atoms with E-state index in [2.05, 4.69) is 22.0 Å². The number of aryl methyl sites for hydroxylation is 1. The molecule has 0 unspecified atom stereocenters. The van der Waals surface area contributed by atoms with E-state index >= 15 is 0 Å². The highest BCUT2D eigenvalue weighted by Gasteiger charge is 2.27. The van der Waals surface area contributed by atoms with Gasteiger partial charge >= 0.3 is 0 Å². The quantitative estimate of drug-likeness (QED) is 0.443. The van der Waals surface area contributed by atoms with E-state index in [1.165, 1.54) is 5.56 Å². The van der Waals surface area contributed by atoms with Crippen LogP contribution in [0.15, 0.2) is 28.9 Å². The summed E-state index contributed by atoms with van der Waals surface area (Å²) in [5, 5.41) is 14.4. The molecule has 0 fully saturated rings. The molecule has 2 aromatic rings. The molecule has 0 aromatic carbocycles. The molecule has 0 amide bonds. The molecule has 0 atom stereocenters. The second kappa shape index (κ2) is 2.48. The minimum Gasteiger partial charge on any atom is -0.410 e. The topological polar surface area (TPSA) is 37.5 Å². The molecule has 3 rings (SSSR count). The van der Waals surface area contributed by atoms with Crippen LogP contribution in [0, 0.1) is 6.92 Å². The molecule has 1 aliphatic rings. The molecule has 3 nitrogen and oxygen atoms in total. The number of aromatic nitrogens is 1. The van der Waals surface area contributed by atoms with Gasteiger partial charge in [0.1, 0.15) is 5.71 Å². The van der Waals surface area contributed by atoms with Gasteiger partial charge in [-0.05, 0) is 30.0 Å². The van der Waals surface area contributed by atoms with Gasteiger partial charge in [0.05, 0.1) is 16.3 Å². The van der Waals surface area contributed by atoms with Gasteiger partial charge in [-0.2, -0.15) is 0 Å². The summed E-state index contributed by atoms with van der Waals surface area (Å²) < 4.78 is 2.07. The minimum absolute atomic E-state index is 0.683. The molecule has 0 saturated carbocycles. The third-order valence-electron chi connectivity index (χ3n) is 2.49. The van der Waals surface area contributed by atoms with Crippen LogP contribution in [-0.2, 0) is 0 Å². The maximum Gasteiger partial charge on any atom is 0.145 e. The molecule has 0 spiro atoms. The van der Waals surface area contributed by atoms with E-state index in [0.29, 0.717) is 5.71 Å². The van der Waals surface area contributed by atoms with Gasteiger partial charge in [-0.25, -0.2) is 0 Å². The van der Waals surface area contributed by atoms with Crippen molar-refractivity contribution >= 4 is 17.0 Å². The Morgan fingerprint density at radius 2 is 2.36 bits per heavy atom. The number of nitrogens with zero attached hydrogens (tertiary/aromatic N) is 2. The smallest absolute Gasteiger partial charge is 0.145 e. The van der Waals surface area contributed by atoms with E-state index in [1.807, 2.05) is 18.3 Å². The lowest BCUT2D eigenvalue weighted by atomic mass is 10.2. The largest absolute Gasteiger partial charge is 0.410 e. The summed E-state index contributed by atoms with van der Waals surface area (Å²) in [5.41, 5.74) is 4.03. The van der Waals surface area contributed by atoms with Gasteiger partial charge in [-0.3, -0.25) is 0 Å². The van der Waals surface area contributed by atoms with Crippen LogP contribution in [0.1, 0.15) is 16.1 Å². The Morgan fingerprint density at radius 3 is 3.14 bits per heavy atom. The molecule has 70 valence electrons. The molecule has 0 bridgehead atoms. The monoisotopic (exact) mass is 204 g/mol. The maximum atomic E-state index is 8.97. The third-order valence-corrected chi connectivity index (χ3v) is 3.58. The van der Waals surface area contributed by atoms with Crippen molar-refractivity contribution in [2.75, 3.05) is 0 Å². The molecule has 14 heavy (non-hydrogen) atoms. The van der Waals surface area contributed by atoms with Crippen LogP contribution in [0.3, 0.4) is 0 Å². The summed E-state index contributed by atoms with van der Waals surface area (Å²) in [6.07, 6.45) is 1.99. The number of hydrogen-bond donors (Lipinski definition) is 1. The highest BCUT2D eigenvalue weighted by molar-refractivity contribution is 7.13. The summed E-state index contributed by atoms with van der Waals surface area (Å²) in [4.78, 5) is 1.06. The highest BCUT2D eigenvalue weighted by atomic mass is 32.1. The van der Waals surface area contributed by atoms with Crippen LogP contribution in [0.2, 0.25) is 0 Å². The molecule has 4 heteroatoms. The van der Waals surface area contributed by atoms with Crippen molar-refractivity contribution in [3.8, 4) is 5.69 Å². The Labute approximate surface area is 84.9 Å². The number of hydrogen-bond acceptors (Lipinski definition) is 3. The van der Waals surface area contributed by atoms with Gasteiger partial charge < -0.3 is 9.77 Å².